The van der Waals surface area contributed by atoms with Gasteiger partial charge in [-0.1, -0.05) is 6.07 Å². The molecular weight excluding hydrogens is 228 g/mol. The third-order valence-electron chi connectivity index (χ3n) is 3.13. The molecule has 1 aromatic carbocycles. The summed E-state index contributed by atoms with van der Waals surface area (Å²) in [6, 6.07) is 6.23. The highest BCUT2D eigenvalue weighted by Crippen LogP contribution is 2.30. The Bertz CT molecular complexity index is 382. The number of likely N-dealkylation sites (N-methyl/N-ethyl adjacent to an activating group) is 2. The zero-order valence-corrected chi connectivity index (χ0v) is 11.2. The fourth-order valence-corrected chi connectivity index (χ4v) is 1.98. The van der Waals surface area contributed by atoms with Crippen LogP contribution < -0.4 is 14.8 Å². The summed E-state index contributed by atoms with van der Waals surface area (Å²) >= 11 is 0. The van der Waals surface area contributed by atoms with Crippen molar-refractivity contribution in [2.24, 2.45) is 0 Å². The van der Waals surface area contributed by atoms with Crippen LogP contribution in [0.15, 0.2) is 18.2 Å². The van der Waals surface area contributed by atoms with Crippen molar-refractivity contribution in [3.63, 3.8) is 0 Å². The number of nitrogens with one attached hydrogen (secondary N) is 1. The first-order chi connectivity index (χ1) is 8.79. The number of rotatable bonds is 6. The standard InChI is InChI=1S/C14H22N2O2/c1-15-6-8-16(2)7-5-12-3-4-13-14(11-12)18-10-9-17-13/h3-4,11,15H,5-10H2,1-2H3. The van der Waals surface area contributed by atoms with Gasteiger partial charge in [-0.2, -0.15) is 0 Å². The highest BCUT2D eigenvalue weighted by molar-refractivity contribution is 5.43. The van der Waals surface area contributed by atoms with Crippen LogP contribution in [0.5, 0.6) is 11.5 Å². The third kappa shape index (κ3) is 3.62. The molecule has 1 aromatic rings. The molecule has 0 unspecified atom stereocenters. The summed E-state index contributed by atoms with van der Waals surface area (Å²) < 4.78 is 11.1. The van der Waals surface area contributed by atoms with Crippen LogP contribution in [0.4, 0.5) is 0 Å². The molecule has 1 N–H and O–H groups in total. The molecule has 0 radical (unpaired) electrons. The van der Waals surface area contributed by atoms with Gasteiger partial charge in [-0.15, -0.1) is 0 Å². The molecule has 18 heavy (non-hydrogen) atoms. The lowest BCUT2D eigenvalue weighted by molar-refractivity contribution is 0.171. The average molecular weight is 250 g/mol. The molecule has 0 saturated carbocycles. The first-order valence-electron chi connectivity index (χ1n) is 6.51. The topological polar surface area (TPSA) is 33.7 Å². The Morgan fingerprint density at radius 3 is 2.72 bits per heavy atom. The first-order valence-corrected chi connectivity index (χ1v) is 6.51. The van der Waals surface area contributed by atoms with Crippen LogP contribution in [0.3, 0.4) is 0 Å². The Morgan fingerprint density at radius 2 is 1.94 bits per heavy atom. The van der Waals surface area contributed by atoms with E-state index < -0.39 is 0 Å². The number of hydrogen-bond donors (Lipinski definition) is 1. The van der Waals surface area contributed by atoms with Crippen LogP contribution in [0, 0.1) is 0 Å². The highest BCUT2D eigenvalue weighted by Gasteiger charge is 2.11. The van der Waals surface area contributed by atoms with Crippen LogP contribution in [0.1, 0.15) is 5.56 Å². The second-order valence-electron chi connectivity index (χ2n) is 4.63. The lowest BCUT2D eigenvalue weighted by Gasteiger charge is -2.20. The predicted molar refractivity (Wildman–Crippen MR) is 72.6 cm³/mol. The quantitative estimate of drug-likeness (QED) is 0.821. The maximum Gasteiger partial charge on any atom is 0.161 e. The maximum atomic E-state index is 5.59. The maximum absolute atomic E-state index is 5.59. The molecule has 0 atom stereocenters. The van der Waals surface area contributed by atoms with Crippen molar-refractivity contribution in [1.82, 2.24) is 10.2 Å². The largest absolute Gasteiger partial charge is 0.486 e. The summed E-state index contributed by atoms with van der Waals surface area (Å²) in [6.07, 6.45) is 1.04. The minimum Gasteiger partial charge on any atom is -0.486 e. The molecule has 0 amide bonds. The normalized spacial score (nSPS) is 13.9. The van der Waals surface area contributed by atoms with E-state index in [0.29, 0.717) is 13.2 Å². The number of ether oxygens (including phenoxy) is 2. The molecule has 1 heterocycles. The Balaban J connectivity index is 1.86. The van der Waals surface area contributed by atoms with E-state index >= 15 is 0 Å². The van der Waals surface area contributed by atoms with Crippen LogP contribution in [-0.2, 0) is 6.42 Å². The summed E-state index contributed by atoms with van der Waals surface area (Å²) in [5, 5.41) is 3.16. The predicted octanol–water partition coefficient (Wildman–Crippen LogP) is 1.15. The van der Waals surface area contributed by atoms with Gasteiger partial charge in [-0.25, -0.2) is 0 Å². The molecule has 1 aliphatic rings. The molecule has 2 rings (SSSR count). The van der Waals surface area contributed by atoms with Crippen LogP contribution in [0.2, 0.25) is 0 Å². The van der Waals surface area contributed by atoms with E-state index in [2.05, 4.69) is 29.4 Å². The minimum absolute atomic E-state index is 0.651. The van der Waals surface area contributed by atoms with Crippen molar-refractivity contribution >= 4 is 0 Å². The Morgan fingerprint density at radius 1 is 1.17 bits per heavy atom. The average Bonchev–Trinajstić information content (AvgIpc) is 2.42. The second kappa shape index (κ2) is 6.61. The van der Waals surface area contributed by atoms with Crippen molar-refractivity contribution in [3.05, 3.63) is 23.8 Å². The summed E-state index contributed by atoms with van der Waals surface area (Å²) in [6.45, 7) is 4.46. The molecule has 0 bridgehead atoms. The van der Waals surface area contributed by atoms with E-state index in [1.165, 1.54) is 5.56 Å². The molecule has 0 spiro atoms. The lowest BCUT2D eigenvalue weighted by atomic mass is 10.1. The number of hydrogen-bond acceptors (Lipinski definition) is 4. The van der Waals surface area contributed by atoms with Crippen molar-refractivity contribution in [1.29, 1.82) is 0 Å². The Hall–Kier alpha value is -1.26. The van der Waals surface area contributed by atoms with Gasteiger partial charge in [-0.3, -0.25) is 0 Å². The summed E-state index contributed by atoms with van der Waals surface area (Å²) in [5.41, 5.74) is 1.30. The Labute approximate surface area is 109 Å². The fraction of sp³-hybridized carbons (Fsp3) is 0.571. The molecule has 4 nitrogen and oxygen atoms in total. The minimum atomic E-state index is 0.651. The van der Waals surface area contributed by atoms with Gasteiger partial charge in [0, 0.05) is 19.6 Å². The molecule has 1 aliphatic heterocycles. The molecule has 4 heteroatoms. The van der Waals surface area contributed by atoms with E-state index in [4.69, 9.17) is 9.47 Å². The Kier molecular flexibility index (Phi) is 4.84. The highest BCUT2D eigenvalue weighted by atomic mass is 16.6. The van der Waals surface area contributed by atoms with Gasteiger partial charge in [0.25, 0.3) is 0 Å². The SMILES string of the molecule is CNCCN(C)CCc1ccc2c(c1)OCCO2. The smallest absolute Gasteiger partial charge is 0.161 e. The molecule has 100 valence electrons. The van der Waals surface area contributed by atoms with Crippen molar-refractivity contribution in [2.45, 2.75) is 6.42 Å². The number of benzene rings is 1. The zero-order chi connectivity index (χ0) is 12.8. The van der Waals surface area contributed by atoms with E-state index in [-0.39, 0.29) is 0 Å². The second-order valence-corrected chi connectivity index (χ2v) is 4.63. The van der Waals surface area contributed by atoms with Crippen molar-refractivity contribution < 1.29 is 9.47 Å². The lowest BCUT2D eigenvalue weighted by Crippen LogP contribution is -2.29. The van der Waals surface area contributed by atoms with Crippen molar-refractivity contribution in [2.75, 3.05) is 46.9 Å². The van der Waals surface area contributed by atoms with Crippen molar-refractivity contribution in [3.8, 4) is 11.5 Å². The van der Waals surface area contributed by atoms with Gasteiger partial charge in [-0.05, 0) is 38.2 Å². The van der Waals surface area contributed by atoms with E-state index in [1.54, 1.807) is 0 Å². The number of nitrogens with zero attached hydrogens (tertiary/aromatic N) is 1. The van der Waals surface area contributed by atoms with E-state index in [9.17, 15) is 0 Å². The van der Waals surface area contributed by atoms with E-state index in [0.717, 1.165) is 37.6 Å². The third-order valence-corrected chi connectivity index (χ3v) is 3.13. The van der Waals surface area contributed by atoms with E-state index in [1.807, 2.05) is 13.1 Å². The molecule has 0 saturated heterocycles. The summed E-state index contributed by atoms with van der Waals surface area (Å²) in [5.74, 6) is 1.75. The van der Waals surface area contributed by atoms with Crippen LogP contribution >= 0.6 is 0 Å². The molecule has 0 aliphatic carbocycles. The molecule has 0 aromatic heterocycles. The molecule has 0 fully saturated rings. The zero-order valence-electron chi connectivity index (χ0n) is 11.2. The monoisotopic (exact) mass is 250 g/mol. The summed E-state index contributed by atoms with van der Waals surface area (Å²) in [4.78, 5) is 2.33. The fourth-order valence-electron chi connectivity index (χ4n) is 1.98. The number of fused-ring (bicyclic) bond motifs is 1. The summed E-state index contributed by atoms with van der Waals surface area (Å²) in [7, 11) is 4.13. The van der Waals surface area contributed by atoms with Gasteiger partial charge in [0.1, 0.15) is 13.2 Å². The van der Waals surface area contributed by atoms with Gasteiger partial charge in [0.05, 0.1) is 0 Å². The van der Waals surface area contributed by atoms with Gasteiger partial charge in [0.15, 0.2) is 11.5 Å². The first kappa shape index (κ1) is 13.2. The van der Waals surface area contributed by atoms with Crippen LogP contribution in [0.25, 0.3) is 0 Å². The van der Waals surface area contributed by atoms with Gasteiger partial charge in [0.2, 0.25) is 0 Å². The van der Waals surface area contributed by atoms with Gasteiger partial charge < -0.3 is 19.7 Å². The van der Waals surface area contributed by atoms with Gasteiger partial charge >= 0.3 is 0 Å². The molecular formula is C14H22N2O2. The van der Waals surface area contributed by atoms with Crippen LogP contribution in [-0.4, -0.2) is 51.8 Å².